The lowest BCUT2D eigenvalue weighted by Gasteiger charge is -2.18. The van der Waals surface area contributed by atoms with Gasteiger partial charge in [-0.2, -0.15) is 0 Å². The smallest absolute Gasteiger partial charge is 0.256 e. The van der Waals surface area contributed by atoms with E-state index in [1.54, 1.807) is 42.9 Å². The number of nitrogens with zero attached hydrogens (tertiary/aromatic N) is 1. The van der Waals surface area contributed by atoms with Crippen molar-refractivity contribution < 1.29 is 5.11 Å². The first-order valence-electron chi connectivity index (χ1n) is 5.38. The van der Waals surface area contributed by atoms with Crippen molar-refractivity contribution in [1.82, 2.24) is 4.57 Å². The molecular weight excluding hydrogens is 234 g/mol. The maximum atomic E-state index is 12.1. The van der Waals surface area contributed by atoms with E-state index >= 15 is 0 Å². The van der Waals surface area contributed by atoms with Crippen molar-refractivity contribution in [2.24, 2.45) is 7.05 Å². The summed E-state index contributed by atoms with van der Waals surface area (Å²) in [6.45, 7) is 3.24. The van der Waals surface area contributed by atoms with E-state index in [0.717, 1.165) is 10.6 Å². The molecule has 90 valence electrons. The van der Waals surface area contributed by atoms with Crippen molar-refractivity contribution in [2.75, 3.05) is 0 Å². The molecule has 0 saturated heterocycles. The number of hydrogen-bond donors (Lipinski definition) is 1. The van der Waals surface area contributed by atoms with Crippen molar-refractivity contribution in [3.05, 3.63) is 45.6 Å². The normalized spacial score (nSPS) is 11.8. The van der Waals surface area contributed by atoms with Crippen LogP contribution in [0.25, 0.3) is 10.6 Å². The molecule has 3 nitrogen and oxygen atoms in total. The molecule has 1 N–H and O–H groups in total. The second-order valence-corrected chi connectivity index (χ2v) is 5.48. The van der Waals surface area contributed by atoms with E-state index in [2.05, 4.69) is 0 Å². The quantitative estimate of drug-likeness (QED) is 0.887. The summed E-state index contributed by atoms with van der Waals surface area (Å²) >= 11 is 1.59. The average molecular weight is 249 g/mol. The Morgan fingerprint density at radius 1 is 1.29 bits per heavy atom. The van der Waals surface area contributed by atoms with E-state index in [4.69, 9.17) is 0 Å². The first kappa shape index (κ1) is 12.1. The predicted octanol–water partition coefficient (Wildman–Crippen LogP) is 2.34. The maximum absolute atomic E-state index is 12.1. The Kier molecular flexibility index (Phi) is 2.93. The van der Waals surface area contributed by atoms with Crippen LogP contribution in [0.1, 0.15) is 19.4 Å². The number of hydrogen-bond acceptors (Lipinski definition) is 3. The van der Waals surface area contributed by atoms with Crippen molar-refractivity contribution in [2.45, 2.75) is 19.4 Å². The molecular formula is C13H15NO2S. The van der Waals surface area contributed by atoms with E-state index in [0.29, 0.717) is 5.56 Å². The molecule has 4 heteroatoms. The highest BCUT2D eigenvalue weighted by Crippen LogP contribution is 2.24. The second kappa shape index (κ2) is 4.13. The van der Waals surface area contributed by atoms with Gasteiger partial charge in [0.1, 0.15) is 0 Å². The first-order valence-corrected chi connectivity index (χ1v) is 6.26. The molecule has 2 heterocycles. The van der Waals surface area contributed by atoms with Gasteiger partial charge in [0.25, 0.3) is 5.56 Å². The fraction of sp³-hybridized carbons (Fsp3) is 0.308. The Morgan fingerprint density at radius 2 is 2.00 bits per heavy atom. The van der Waals surface area contributed by atoms with Crippen molar-refractivity contribution >= 4 is 11.3 Å². The second-order valence-electron chi connectivity index (χ2n) is 4.53. The molecule has 0 atom stereocenters. The highest BCUT2D eigenvalue weighted by molar-refractivity contribution is 7.13. The molecule has 0 aliphatic heterocycles. The van der Waals surface area contributed by atoms with Gasteiger partial charge in [-0.15, -0.1) is 11.3 Å². The van der Waals surface area contributed by atoms with Gasteiger partial charge in [0.05, 0.1) is 16.2 Å². The van der Waals surface area contributed by atoms with Crippen LogP contribution >= 0.6 is 11.3 Å². The van der Waals surface area contributed by atoms with Crippen molar-refractivity contribution in [1.29, 1.82) is 0 Å². The Labute approximate surface area is 104 Å². The fourth-order valence-electron chi connectivity index (χ4n) is 1.77. The molecule has 2 aromatic heterocycles. The molecule has 0 saturated carbocycles. The van der Waals surface area contributed by atoms with Gasteiger partial charge in [-0.3, -0.25) is 4.79 Å². The zero-order valence-corrected chi connectivity index (χ0v) is 10.9. The minimum atomic E-state index is -1.11. The molecule has 0 bridgehead atoms. The lowest BCUT2D eigenvalue weighted by Crippen LogP contribution is -2.31. The monoisotopic (exact) mass is 249 g/mol. The summed E-state index contributed by atoms with van der Waals surface area (Å²) in [4.78, 5) is 13.2. The van der Waals surface area contributed by atoms with Crippen LogP contribution < -0.4 is 5.56 Å². The molecule has 0 aliphatic carbocycles. The number of thiophene rings is 1. The van der Waals surface area contributed by atoms with Crippen LogP contribution in [0.15, 0.2) is 34.4 Å². The van der Waals surface area contributed by atoms with E-state index in [9.17, 15) is 9.90 Å². The van der Waals surface area contributed by atoms with E-state index in [-0.39, 0.29) is 5.56 Å². The third kappa shape index (κ3) is 2.18. The summed E-state index contributed by atoms with van der Waals surface area (Å²) < 4.78 is 1.58. The third-order valence-electron chi connectivity index (χ3n) is 2.74. The van der Waals surface area contributed by atoms with Crippen molar-refractivity contribution in [3.8, 4) is 10.6 Å². The van der Waals surface area contributed by atoms with Crippen LogP contribution in [0.5, 0.6) is 0 Å². The molecule has 0 aromatic carbocycles. The average Bonchev–Trinajstić information content (AvgIpc) is 2.73. The number of rotatable bonds is 2. The maximum Gasteiger partial charge on any atom is 0.256 e. The fourth-order valence-corrected chi connectivity index (χ4v) is 2.56. The lowest BCUT2D eigenvalue weighted by molar-refractivity contribution is 0.0766. The van der Waals surface area contributed by atoms with Gasteiger partial charge in [-0.05, 0) is 37.4 Å². The minimum Gasteiger partial charge on any atom is -0.386 e. The Hall–Kier alpha value is -1.39. The Bertz CT molecular complexity index is 576. The zero-order chi connectivity index (χ0) is 12.6. The predicted molar refractivity (Wildman–Crippen MR) is 70.2 cm³/mol. The van der Waals surface area contributed by atoms with Gasteiger partial charge in [-0.1, -0.05) is 6.07 Å². The largest absolute Gasteiger partial charge is 0.386 e. The van der Waals surface area contributed by atoms with Gasteiger partial charge in [0, 0.05) is 12.6 Å². The minimum absolute atomic E-state index is 0.150. The molecule has 17 heavy (non-hydrogen) atoms. The van der Waals surface area contributed by atoms with Crippen LogP contribution in [-0.4, -0.2) is 9.67 Å². The summed E-state index contributed by atoms with van der Waals surface area (Å²) in [6.07, 6.45) is 0. The van der Waals surface area contributed by atoms with Gasteiger partial charge in [0.15, 0.2) is 0 Å². The molecule has 0 radical (unpaired) electrons. The number of aliphatic hydroxyl groups is 1. The summed E-state index contributed by atoms with van der Waals surface area (Å²) in [5.74, 6) is 0. The lowest BCUT2D eigenvalue weighted by atomic mass is 9.99. The Balaban J connectivity index is 2.63. The van der Waals surface area contributed by atoms with Gasteiger partial charge in [0.2, 0.25) is 0 Å². The summed E-state index contributed by atoms with van der Waals surface area (Å²) in [7, 11) is 1.73. The Morgan fingerprint density at radius 3 is 2.53 bits per heavy atom. The van der Waals surface area contributed by atoms with Gasteiger partial charge < -0.3 is 9.67 Å². The van der Waals surface area contributed by atoms with Crippen LogP contribution in [-0.2, 0) is 12.6 Å². The summed E-state index contributed by atoms with van der Waals surface area (Å²) in [5, 5.41) is 11.9. The molecule has 0 amide bonds. The molecule has 0 fully saturated rings. The van der Waals surface area contributed by atoms with Gasteiger partial charge in [-0.25, -0.2) is 0 Å². The third-order valence-corrected chi connectivity index (χ3v) is 3.63. The zero-order valence-electron chi connectivity index (χ0n) is 10.1. The van der Waals surface area contributed by atoms with E-state index in [1.165, 1.54) is 0 Å². The molecule has 2 rings (SSSR count). The van der Waals surface area contributed by atoms with Crippen LogP contribution in [0.4, 0.5) is 0 Å². The van der Waals surface area contributed by atoms with E-state index in [1.807, 2.05) is 23.6 Å². The van der Waals surface area contributed by atoms with Crippen LogP contribution in [0.3, 0.4) is 0 Å². The van der Waals surface area contributed by atoms with Crippen molar-refractivity contribution in [3.63, 3.8) is 0 Å². The molecule has 0 spiro atoms. The highest BCUT2D eigenvalue weighted by atomic mass is 32.1. The highest BCUT2D eigenvalue weighted by Gasteiger charge is 2.21. The van der Waals surface area contributed by atoms with Crippen LogP contribution in [0, 0.1) is 0 Å². The first-order chi connectivity index (χ1) is 7.91. The molecule has 0 unspecified atom stereocenters. The van der Waals surface area contributed by atoms with Crippen LogP contribution in [0.2, 0.25) is 0 Å². The SMILES string of the molecule is Cn1c(-c2cccs2)ccc(C(C)(C)O)c1=O. The standard InChI is InChI=1S/C13H15NO2S/c1-13(2,16)9-6-7-10(14(3)12(9)15)11-5-4-8-17-11/h4-8,16H,1-3H3. The number of aromatic nitrogens is 1. The topological polar surface area (TPSA) is 42.2 Å². The van der Waals surface area contributed by atoms with E-state index < -0.39 is 5.60 Å². The summed E-state index contributed by atoms with van der Waals surface area (Å²) in [6, 6.07) is 7.51. The molecule has 0 aliphatic rings. The number of pyridine rings is 1. The molecule has 2 aromatic rings. The van der Waals surface area contributed by atoms with Gasteiger partial charge >= 0.3 is 0 Å². The summed E-state index contributed by atoms with van der Waals surface area (Å²) in [5.41, 5.74) is 0.0322.